The summed E-state index contributed by atoms with van der Waals surface area (Å²) in [5, 5.41) is 8.06. The number of aromatic nitrogens is 2. The first-order valence-corrected chi connectivity index (χ1v) is 8.78. The Morgan fingerprint density at radius 1 is 1.08 bits per heavy atom. The smallest absolute Gasteiger partial charge is 0.168 e. The van der Waals surface area contributed by atoms with E-state index in [1.807, 2.05) is 59.3 Å². The van der Waals surface area contributed by atoms with E-state index in [1.54, 1.807) is 7.11 Å². The number of ether oxygens (including phenoxy) is 1. The van der Waals surface area contributed by atoms with Crippen LogP contribution < -0.4 is 10.1 Å². The minimum absolute atomic E-state index is 0.137. The van der Waals surface area contributed by atoms with Crippen LogP contribution in [0.1, 0.15) is 29.4 Å². The number of para-hydroxylation sites is 3. The van der Waals surface area contributed by atoms with Crippen LogP contribution in [0.5, 0.6) is 5.75 Å². The van der Waals surface area contributed by atoms with Gasteiger partial charge in [-0.05, 0) is 36.6 Å². The van der Waals surface area contributed by atoms with Crippen LogP contribution >= 0.6 is 0 Å². The molecule has 1 heterocycles. The molecule has 0 spiro atoms. The van der Waals surface area contributed by atoms with Gasteiger partial charge >= 0.3 is 0 Å². The normalized spacial score (nSPS) is 16.2. The Hall–Kier alpha value is -3.08. The standard InChI is InChI=1S/C21H21N3O2/c1-14-12-17-20(18(25)13-14)21(22-16-10-6-7-11-19(16)26-2)23-24(17)15-8-4-3-5-9-15/h3-11,14H,12-13H2,1-2H3,(H,22,23)/t14-/m1/s1. The number of fused-ring (bicyclic) bond motifs is 1. The molecule has 26 heavy (non-hydrogen) atoms. The highest BCUT2D eigenvalue weighted by Crippen LogP contribution is 2.35. The van der Waals surface area contributed by atoms with Gasteiger partial charge < -0.3 is 10.1 Å². The van der Waals surface area contributed by atoms with Gasteiger partial charge in [0.2, 0.25) is 0 Å². The van der Waals surface area contributed by atoms with Crippen LogP contribution in [-0.4, -0.2) is 22.7 Å². The molecule has 1 N–H and O–H groups in total. The second-order valence-corrected chi connectivity index (χ2v) is 6.68. The third-order valence-electron chi connectivity index (χ3n) is 4.70. The third-order valence-corrected chi connectivity index (χ3v) is 4.70. The van der Waals surface area contributed by atoms with Crippen LogP contribution in [0.4, 0.5) is 11.5 Å². The zero-order chi connectivity index (χ0) is 18.1. The molecule has 0 saturated carbocycles. The molecule has 1 aliphatic rings. The Kier molecular flexibility index (Phi) is 4.21. The number of methoxy groups -OCH3 is 1. The largest absolute Gasteiger partial charge is 0.495 e. The topological polar surface area (TPSA) is 56.1 Å². The number of benzene rings is 2. The van der Waals surface area contributed by atoms with Gasteiger partial charge in [-0.25, -0.2) is 4.68 Å². The van der Waals surface area contributed by atoms with Gasteiger partial charge in [0.1, 0.15) is 5.75 Å². The Morgan fingerprint density at radius 3 is 2.58 bits per heavy atom. The van der Waals surface area contributed by atoms with Crippen molar-refractivity contribution in [2.45, 2.75) is 19.8 Å². The number of ketones is 1. The maximum atomic E-state index is 12.8. The van der Waals surface area contributed by atoms with E-state index < -0.39 is 0 Å². The molecule has 3 aromatic rings. The van der Waals surface area contributed by atoms with Crippen LogP contribution in [0.25, 0.3) is 5.69 Å². The lowest BCUT2D eigenvalue weighted by Crippen LogP contribution is -2.19. The molecule has 132 valence electrons. The molecule has 1 aromatic heterocycles. The zero-order valence-corrected chi connectivity index (χ0v) is 14.9. The summed E-state index contributed by atoms with van der Waals surface area (Å²) in [7, 11) is 1.63. The summed E-state index contributed by atoms with van der Waals surface area (Å²) in [6.07, 6.45) is 1.38. The van der Waals surface area contributed by atoms with Crippen LogP contribution in [0.2, 0.25) is 0 Å². The first-order chi connectivity index (χ1) is 12.7. The van der Waals surface area contributed by atoms with Crippen molar-refractivity contribution in [3.05, 3.63) is 65.9 Å². The number of hydrogen-bond donors (Lipinski definition) is 1. The SMILES string of the molecule is COc1ccccc1Nc1nn(-c2ccccc2)c2c1C(=O)C[C@H](C)C2. The van der Waals surface area contributed by atoms with Crippen molar-refractivity contribution in [3.63, 3.8) is 0 Å². The number of anilines is 2. The minimum atomic E-state index is 0.137. The average Bonchev–Trinajstić information content (AvgIpc) is 3.01. The third kappa shape index (κ3) is 2.86. The van der Waals surface area contributed by atoms with Gasteiger partial charge in [0.25, 0.3) is 0 Å². The van der Waals surface area contributed by atoms with E-state index in [4.69, 9.17) is 9.84 Å². The highest BCUT2D eigenvalue weighted by atomic mass is 16.5. The lowest BCUT2D eigenvalue weighted by atomic mass is 9.87. The molecule has 0 amide bonds. The molecular weight excluding hydrogens is 326 g/mol. The molecule has 5 nitrogen and oxygen atoms in total. The molecule has 0 radical (unpaired) electrons. The van der Waals surface area contributed by atoms with Crippen LogP contribution in [0.15, 0.2) is 54.6 Å². The molecule has 0 unspecified atom stereocenters. The molecule has 1 aliphatic carbocycles. The van der Waals surface area contributed by atoms with E-state index in [0.29, 0.717) is 29.5 Å². The highest BCUT2D eigenvalue weighted by molar-refractivity contribution is 6.03. The van der Waals surface area contributed by atoms with Crippen molar-refractivity contribution in [2.75, 3.05) is 12.4 Å². The zero-order valence-electron chi connectivity index (χ0n) is 14.9. The minimum Gasteiger partial charge on any atom is -0.495 e. The predicted octanol–water partition coefficient (Wildman–Crippen LogP) is 4.39. The van der Waals surface area contributed by atoms with Gasteiger partial charge in [-0.3, -0.25) is 4.79 Å². The molecule has 0 saturated heterocycles. The van der Waals surface area contributed by atoms with E-state index >= 15 is 0 Å². The van der Waals surface area contributed by atoms with Gasteiger partial charge in [0.05, 0.1) is 29.7 Å². The maximum absolute atomic E-state index is 12.8. The van der Waals surface area contributed by atoms with Gasteiger partial charge in [-0.2, -0.15) is 0 Å². The molecular formula is C21H21N3O2. The Bertz CT molecular complexity index is 947. The lowest BCUT2D eigenvalue weighted by Gasteiger charge is -2.19. The summed E-state index contributed by atoms with van der Waals surface area (Å²) in [5.74, 6) is 1.75. The molecule has 0 bridgehead atoms. The van der Waals surface area contributed by atoms with Crippen LogP contribution in [0, 0.1) is 5.92 Å². The number of nitrogens with one attached hydrogen (secondary N) is 1. The van der Waals surface area contributed by atoms with Crippen LogP contribution in [-0.2, 0) is 6.42 Å². The summed E-state index contributed by atoms with van der Waals surface area (Å²) in [5.41, 5.74) is 3.41. The van der Waals surface area contributed by atoms with Crippen molar-refractivity contribution in [1.82, 2.24) is 9.78 Å². The fourth-order valence-electron chi connectivity index (χ4n) is 3.50. The number of nitrogens with zero attached hydrogens (tertiary/aromatic N) is 2. The summed E-state index contributed by atoms with van der Waals surface area (Å²) in [6.45, 7) is 2.11. The first kappa shape index (κ1) is 16.4. The fourth-order valence-corrected chi connectivity index (χ4v) is 3.50. The quantitative estimate of drug-likeness (QED) is 0.760. The summed E-state index contributed by atoms with van der Waals surface area (Å²) >= 11 is 0. The average molecular weight is 347 g/mol. The van der Waals surface area contributed by atoms with Crippen molar-refractivity contribution in [1.29, 1.82) is 0 Å². The molecule has 0 aliphatic heterocycles. The Balaban J connectivity index is 1.84. The maximum Gasteiger partial charge on any atom is 0.168 e. The molecule has 0 fully saturated rings. The van der Waals surface area contributed by atoms with E-state index in [-0.39, 0.29) is 5.78 Å². The second-order valence-electron chi connectivity index (χ2n) is 6.68. The number of hydrogen-bond acceptors (Lipinski definition) is 4. The first-order valence-electron chi connectivity index (χ1n) is 8.78. The van der Waals surface area contributed by atoms with Gasteiger partial charge in [-0.1, -0.05) is 37.3 Å². The number of carbonyl (C=O) groups is 1. The van der Waals surface area contributed by atoms with E-state index in [1.165, 1.54) is 0 Å². The lowest BCUT2D eigenvalue weighted by molar-refractivity contribution is 0.0953. The van der Waals surface area contributed by atoms with Crippen molar-refractivity contribution in [3.8, 4) is 11.4 Å². The van der Waals surface area contributed by atoms with Crippen molar-refractivity contribution >= 4 is 17.3 Å². The molecule has 2 aromatic carbocycles. The van der Waals surface area contributed by atoms with Gasteiger partial charge in [-0.15, -0.1) is 5.10 Å². The number of carbonyl (C=O) groups excluding carboxylic acids is 1. The molecule has 1 atom stereocenters. The van der Waals surface area contributed by atoms with Gasteiger partial charge in [0, 0.05) is 6.42 Å². The highest BCUT2D eigenvalue weighted by Gasteiger charge is 2.31. The Labute approximate surface area is 152 Å². The van der Waals surface area contributed by atoms with E-state index in [2.05, 4.69) is 12.2 Å². The van der Waals surface area contributed by atoms with E-state index in [9.17, 15) is 4.79 Å². The Morgan fingerprint density at radius 2 is 1.81 bits per heavy atom. The van der Waals surface area contributed by atoms with E-state index in [0.717, 1.165) is 23.5 Å². The number of rotatable bonds is 4. The summed E-state index contributed by atoms with van der Waals surface area (Å²) < 4.78 is 7.30. The second kappa shape index (κ2) is 6.67. The molecule has 4 rings (SSSR count). The number of Topliss-reactive ketones (excluding diaryl/α,β-unsaturated/α-hetero) is 1. The monoisotopic (exact) mass is 347 g/mol. The molecule has 5 heteroatoms. The summed E-state index contributed by atoms with van der Waals surface area (Å²) in [4.78, 5) is 12.8. The summed E-state index contributed by atoms with van der Waals surface area (Å²) in [6, 6.07) is 17.6. The van der Waals surface area contributed by atoms with Gasteiger partial charge in [0.15, 0.2) is 11.6 Å². The fraction of sp³-hybridized carbons (Fsp3) is 0.238. The van der Waals surface area contributed by atoms with Crippen molar-refractivity contribution < 1.29 is 9.53 Å². The van der Waals surface area contributed by atoms with Crippen LogP contribution in [0.3, 0.4) is 0 Å². The predicted molar refractivity (Wildman–Crippen MR) is 102 cm³/mol. The van der Waals surface area contributed by atoms with Crippen molar-refractivity contribution in [2.24, 2.45) is 5.92 Å².